The fourth-order valence-electron chi connectivity index (χ4n) is 2.70. The summed E-state index contributed by atoms with van der Waals surface area (Å²) in [5.74, 6) is 1.19. The molecule has 3 rings (SSSR count). The Morgan fingerprint density at radius 2 is 2.16 bits per heavy atom. The minimum Gasteiger partial charge on any atom is -0.355 e. The smallest absolute Gasteiger partial charge is 0.285 e. The Morgan fingerprint density at radius 1 is 1.37 bits per heavy atom. The SMILES string of the molecule is O=S1(=O)N=C(N2CCCC(CBr)C2)c2ccccc21. The Morgan fingerprint density at radius 3 is 2.95 bits per heavy atom. The number of amidine groups is 1. The number of fused-ring (bicyclic) bond motifs is 1. The second-order valence-electron chi connectivity index (χ2n) is 4.99. The van der Waals surface area contributed by atoms with Gasteiger partial charge < -0.3 is 4.90 Å². The van der Waals surface area contributed by atoms with Gasteiger partial charge in [0.05, 0.1) is 0 Å². The lowest BCUT2D eigenvalue weighted by atomic mass is 9.99. The van der Waals surface area contributed by atoms with E-state index in [9.17, 15) is 8.42 Å². The number of alkyl halides is 1. The highest BCUT2D eigenvalue weighted by atomic mass is 79.9. The normalized spacial score (nSPS) is 25.0. The highest BCUT2D eigenvalue weighted by molar-refractivity contribution is 9.09. The van der Waals surface area contributed by atoms with E-state index in [1.807, 2.05) is 12.1 Å². The van der Waals surface area contributed by atoms with Crippen LogP contribution in [0.2, 0.25) is 0 Å². The molecule has 0 amide bonds. The topological polar surface area (TPSA) is 49.7 Å². The van der Waals surface area contributed by atoms with E-state index in [1.165, 1.54) is 6.42 Å². The molecule has 2 heterocycles. The van der Waals surface area contributed by atoms with Crippen molar-refractivity contribution in [1.82, 2.24) is 4.90 Å². The first-order valence-corrected chi connectivity index (χ1v) is 8.93. The molecular weight excluding hydrogens is 328 g/mol. The van der Waals surface area contributed by atoms with E-state index in [4.69, 9.17) is 0 Å². The molecule has 0 N–H and O–H groups in total. The van der Waals surface area contributed by atoms with Crippen molar-refractivity contribution in [2.24, 2.45) is 10.3 Å². The quantitative estimate of drug-likeness (QED) is 0.735. The molecule has 1 aromatic rings. The van der Waals surface area contributed by atoms with Crippen LogP contribution in [0.1, 0.15) is 18.4 Å². The van der Waals surface area contributed by atoms with Crippen LogP contribution in [0, 0.1) is 5.92 Å². The van der Waals surface area contributed by atoms with Crippen LogP contribution in [0.5, 0.6) is 0 Å². The number of hydrogen-bond acceptors (Lipinski definition) is 3. The van der Waals surface area contributed by atoms with Crippen LogP contribution in [0.15, 0.2) is 33.6 Å². The number of piperidine rings is 1. The van der Waals surface area contributed by atoms with Gasteiger partial charge in [0.15, 0.2) is 5.84 Å². The van der Waals surface area contributed by atoms with E-state index in [0.717, 1.165) is 30.4 Å². The molecule has 0 radical (unpaired) electrons. The fourth-order valence-corrected chi connectivity index (χ4v) is 4.46. The number of sulfonamides is 1. The van der Waals surface area contributed by atoms with Crippen LogP contribution in [0.25, 0.3) is 0 Å². The molecule has 1 unspecified atom stereocenters. The lowest BCUT2D eigenvalue weighted by Gasteiger charge is -2.33. The molecule has 6 heteroatoms. The second kappa shape index (κ2) is 4.90. The van der Waals surface area contributed by atoms with Gasteiger partial charge in [-0.25, -0.2) is 0 Å². The minimum absolute atomic E-state index is 0.339. The molecule has 1 aromatic carbocycles. The molecule has 0 spiro atoms. The summed E-state index contributed by atoms with van der Waals surface area (Å²) < 4.78 is 28.0. The number of halogens is 1. The predicted octanol–water partition coefficient (Wildman–Crippen LogP) is 2.24. The number of hydrogen-bond donors (Lipinski definition) is 0. The zero-order valence-corrected chi connectivity index (χ0v) is 12.8. The molecule has 0 bridgehead atoms. The molecule has 0 aliphatic carbocycles. The third kappa shape index (κ3) is 2.31. The molecule has 0 saturated carbocycles. The predicted molar refractivity (Wildman–Crippen MR) is 78.3 cm³/mol. The Bertz CT molecular complexity index is 627. The van der Waals surface area contributed by atoms with Crippen LogP contribution in [0.4, 0.5) is 0 Å². The van der Waals surface area contributed by atoms with Gasteiger partial charge in [0.2, 0.25) is 0 Å². The van der Waals surface area contributed by atoms with Gasteiger partial charge in [-0.2, -0.15) is 8.42 Å². The van der Waals surface area contributed by atoms with Gasteiger partial charge in [-0.3, -0.25) is 0 Å². The van der Waals surface area contributed by atoms with Gasteiger partial charge in [0, 0.05) is 24.0 Å². The summed E-state index contributed by atoms with van der Waals surface area (Å²) in [7, 11) is -3.49. The van der Waals surface area contributed by atoms with E-state index in [1.54, 1.807) is 12.1 Å². The monoisotopic (exact) mass is 342 g/mol. The Kier molecular flexibility index (Phi) is 3.39. The molecule has 0 aromatic heterocycles. The number of likely N-dealkylation sites (tertiary alicyclic amines) is 1. The van der Waals surface area contributed by atoms with Crippen molar-refractivity contribution in [2.45, 2.75) is 17.7 Å². The van der Waals surface area contributed by atoms with Gasteiger partial charge in [0.1, 0.15) is 4.90 Å². The summed E-state index contributed by atoms with van der Waals surface area (Å²) in [6, 6.07) is 7.08. The first-order chi connectivity index (χ1) is 9.12. The van der Waals surface area contributed by atoms with Crippen LogP contribution in [-0.2, 0) is 10.0 Å². The summed E-state index contributed by atoms with van der Waals surface area (Å²) >= 11 is 3.52. The van der Waals surface area contributed by atoms with Crippen LogP contribution in [-0.4, -0.2) is 37.6 Å². The molecule has 102 valence electrons. The van der Waals surface area contributed by atoms with Gasteiger partial charge in [-0.1, -0.05) is 28.1 Å². The average molecular weight is 343 g/mol. The maximum Gasteiger partial charge on any atom is 0.285 e. The molecule has 2 aliphatic heterocycles. The Hall–Kier alpha value is -0.880. The van der Waals surface area contributed by atoms with Crippen molar-refractivity contribution >= 4 is 31.8 Å². The lowest BCUT2D eigenvalue weighted by molar-refractivity contribution is 0.278. The second-order valence-corrected chi connectivity index (χ2v) is 7.21. The molecule has 19 heavy (non-hydrogen) atoms. The van der Waals surface area contributed by atoms with Crippen LogP contribution >= 0.6 is 15.9 Å². The third-order valence-electron chi connectivity index (χ3n) is 3.65. The third-order valence-corrected chi connectivity index (χ3v) is 5.89. The molecule has 2 aliphatic rings. The van der Waals surface area contributed by atoms with E-state index in [-0.39, 0.29) is 0 Å². The zero-order chi connectivity index (χ0) is 13.5. The summed E-state index contributed by atoms with van der Waals surface area (Å²) in [6.07, 6.45) is 2.26. The lowest BCUT2D eigenvalue weighted by Crippen LogP contribution is -2.40. The van der Waals surface area contributed by atoms with E-state index in [0.29, 0.717) is 16.6 Å². The van der Waals surface area contributed by atoms with Gasteiger partial charge in [-0.15, -0.1) is 4.40 Å². The van der Waals surface area contributed by atoms with Crippen molar-refractivity contribution in [3.63, 3.8) is 0 Å². The summed E-state index contributed by atoms with van der Waals surface area (Å²) in [5.41, 5.74) is 0.748. The summed E-state index contributed by atoms with van der Waals surface area (Å²) in [6.45, 7) is 1.75. The maximum atomic E-state index is 12.0. The molecule has 1 saturated heterocycles. The van der Waals surface area contributed by atoms with Crippen molar-refractivity contribution in [2.75, 3.05) is 18.4 Å². The largest absolute Gasteiger partial charge is 0.355 e. The highest BCUT2D eigenvalue weighted by Crippen LogP contribution is 2.29. The van der Waals surface area contributed by atoms with E-state index < -0.39 is 10.0 Å². The van der Waals surface area contributed by atoms with Crippen LogP contribution in [0.3, 0.4) is 0 Å². The van der Waals surface area contributed by atoms with Gasteiger partial charge >= 0.3 is 0 Å². The number of nitrogens with zero attached hydrogens (tertiary/aromatic N) is 2. The Labute approximate surface area is 121 Å². The highest BCUT2D eigenvalue weighted by Gasteiger charge is 2.33. The standard InChI is InChI=1S/C13H15BrN2O2S/c14-8-10-4-3-7-16(9-10)13-11-5-1-2-6-12(11)19(17,18)15-13/h1-2,5-6,10H,3-4,7-9H2. The van der Waals surface area contributed by atoms with Crippen molar-refractivity contribution in [1.29, 1.82) is 0 Å². The molecule has 1 atom stereocenters. The van der Waals surface area contributed by atoms with E-state index >= 15 is 0 Å². The average Bonchev–Trinajstić information content (AvgIpc) is 2.72. The fraction of sp³-hybridized carbons (Fsp3) is 0.462. The zero-order valence-electron chi connectivity index (χ0n) is 10.4. The maximum absolute atomic E-state index is 12.0. The molecule has 1 fully saturated rings. The Balaban J connectivity index is 1.98. The van der Waals surface area contributed by atoms with Crippen molar-refractivity contribution < 1.29 is 8.42 Å². The first-order valence-electron chi connectivity index (χ1n) is 6.37. The minimum atomic E-state index is -3.49. The van der Waals surface area contributed by atoms with Gasteiger partial charge in [0.25, 0.3) is 10.0 Å². The summed E-state index contributed by atoms with van der Waals surface area (Å²) in [4.78, 5) is 2.45. The van der Waals surface area contributed by atoms with E-state index in [2.05, 4.69) is 25.2 Å². The molecule has 4 nitrogen and oxygen atoms in total. The van der Waals surface area contributed by atoms with Gasteiger partial charge in [-0.05, 0) is 30.9 Å². The van der Waals surface area contributed by atoms with Crippen LogP contribution < -0.4 is 0 Å². The number of rotatable bonds is 1. The number of benzene rings is 1. The van der Waals surface area contributed by atoms with Crippen molar-refractivity contribution in [3.8, 4) is 0 Å². The summed E-state index contributed by atoms with van der Waals surface area (Å²) in [5, 5.41) is 0.950. The molecular formula is C13H15BrN2O2S. The van der Waals surface area contributed by atoms with Crippen molar-refractivity contribution in [3.05, 3.63) is 29.8 Å². The first kappa shape index (κ1) is 13.1.